The molecule has 0 aromatic heterocycles. The maximum absolute atomic E-state index is 10.8. The molecule has 0 saturated heterocycles. The van der Waals surface area contributed by atoms with Crippen molar-refractivity contribution in [2.24, 2.45) is 0 Å². The predicted molar refractivity (Wildman–Crippen MR) is 54.4 cm³/mol. The predicted octanol–water partition coefficient (Wildman–Crippen LogP) is 0.315. The number of nitro groups is 3. The smallest absolute Gasteiger partial charge is 0.423 e. The Hall–Kier alpha value is -2.67. The van der Waals surface area contributed by atoms with Gasteiger partial charge in [-0.1, -0.05) is 0 Å². The molecule has 102 valence electrons. The van der Waals surface area contributed by atoms with Crippen molar-refractivity contribution < 1.29 is 27.7 Å². The molecule has 0 N–H and O–H groups in total. The van der Waals surface area contributed by atoms with E-state index in [0.717, 1.165) is 0 Å². The highest BCUT2D eigenvalue weighted by Crippen LogP contribution is 2.40. The summed E-state index contributed by atoms with van der Waals surface area (Å²) in [6.45, 7) is 0. The van der Waals surface area contributed by atoms with Crippen molar-refractivity contribution in [1.82, 2.24) is 0 Å². The Balaban J connectivity index is 3.96. The van der Waals surface area contributed by atoms with Crippen molar-refractivity contribution in [3.8, 4) is 0 Å². The Morgan fingerprint density at radius 1 is 0.842 bits per heavy atom. The topological polar surface area (TPSA) is 187 Å². The largest absolute Gasteiger partial charge is 0.744 e. The van der Waals surface area contributed by atoms with E-state index in [1.165, 1.54) is 0 Å². The Morgan fingerprint density at radius 3 is 1.63 bits per heavy atom. The summed E-state index contributed by atoms with van der Waals surface area (Å²) >= 11 is 0. The molecule has 0 saturated carbocycles. The maximum atomic E-state index is 10.8. The van der Waals surface area contributed by atoms with Crippen molar-refractivity contribution in [2.45, 2.75) is 4.90 Å². The van der Waals surface area contributed by atoms with Crippen molar-refractivity contribution in [3.05, 3.63) is 42.5 Å². The summed E-state index contributed by atoms with van der Waals surface area (Å²) in [6, 6.07) is 0.627. The van der Waals surface area contributed by atoms with Gasteiger partial charge in [-0.15, -0.1) is 0 Å². The number of nitrogens with zero attached hydrogens (tertiary/aromatic N) is 3. The molecule has 12 nitrogen and oxygen atoms in total. The third-order valence-electron chi connectivity index (χ3n) is 1.92. The highest BCUT2D eigenvalue weighted by molar-refractivity contribution is 7.85. The van der Waals surface area contributed by atoms with Crippen LogP contribution in [-0.2, 0) is 10.1 Å². The molecule has 0 bridgehead atoms. The van der Waals surface area contributed by atoms with Crippen molar-refractivity contribution in [2.75, 3.05) is 0 Å². The lowest BCUT2D eigenvalue weighted by Crippen LogP contribution is -2.08. The van der Waals surface area contributed by atoms with Crippen LogP contribution in [0.25, 0.3) is 0 Å². The SMILES string of the molecule is O=[N+]([O-])c1ccc(S(=O)(=O)[O-])c([N+](=O)[O-])c1[N+](=O)[O-]. The normalized spacial score (nSPS) is 11.0. The fourth-order valence-electron chi connectivity index (χ4n) is 1.26. The van der Waals surface area contributed by atoms with E-state index < -0.39 is 46.8 Å². The molecule has 0 heterocycles. The molecule has 13 heteroatoms. The van der Waals surface area contributed by atoms with Gasteiger partial charge in [0.05, 0.1) is 14.8 Å². The van der Waals surface area contributed by atoms with Crippen LogP contribution in [0.5, 0.6) is 0 Å². The molecule has 0 aliphatic carbocycles. The van der Waals surface area contributed by atoms with E-state index in [4.69, 9.17) is 0 Å². The molecule has 0 aliphatic rings. The van der Waals surface area contributed by atoms with Crippen LogP contribution in [-0.4, -0.2) is 27.7 Å². The molecule has 1 aromatic carbocycles. The van der Waals surface area contributed by atoms with Crippen LogP contribution in [0.1, 0.15) is 0 Å². The average Bonchev–Trinajstić information content (AvgIpc) is 2.25. The average molecular weight is 292 g/mol. The van der Waals surface area contributed by atoms with Gasteiger partial charge in [0, 0.05) is 6.07 Å². The van der Waals surface area contributed by atoms with Gasteiger partial charge in [-0.25, -0.2) is 8.42 Å². The first-order chi connectivity index (χ1) is 8.57. The quantitative estimate of drug-likeness (QED) is 0.427. The van der Waals surface area contributed by atoms with Gasteiger partial charge in [0.2, 0.25) is 0 Å². The molecule has 1 aromatic rings. The van der Waals surface area contributed by atoms with Gasteiger partial charge in [0.15, 0.2) is 0 Å². The molecule has 1 rings (SSSR count). The first-order valence-electron chi connectivity index (χ1n) is 4.13. The Morgan fingerprint density at radius 2 is 1.32 bits per heavy atom. The summed E-state index contributed by atoms with van der Waals surface area (Å²) in [5.74, 6) is 0. The van der Waals surface area contributed by atoms with Gasteiger partial charge in [-0.3, -0.25) is 30.3 Å². The van der Waals surface area contributed by atoms with Gasteiger partial charge in [-0.2, -0.15) is 0 Å². The minimum Gasteiger partial charge on any atom is -0.744 e. The van der Waals surface area contributed by atoms with Crippen molar-refractivity contribution in [3.63, 3.8) is 0 Å². The molecule has 0 radical (unpaired) electrons. The second-order valence-electron chi connectivity index (χ2n) is 3.01. The first-order valence-corrected chi connectivity index (χ1v) is 5.54. The molecule has 0 atom stereocenters. The molecular weight excluding hydrogens is 290 g/mol. The molecule has 0 aliphatic heterocycles. The van der Waals surface area contributed by atoms with Crippen LogP contribution in [0, 0.1) is 30.3 Å². The minimum absolute atomic E-state index is 0.283. The summed E-state index contributed by atoms with van der Waals surface area (Å²) < 4.78 is 32.3. The standard InChI is InChI=1S/C6H3N3O9S/c10-7(11)3-1-2-4(19(16,17)18)6(9(14)15)5(3)8(12)13/h1-2H,(H,16,17,18)/p-1. The highest BCUT2D eigenvalue weighted by Gasteiger charge is 2.40. The third kappa shape index (κ3) is 2.61. The van der Waals surface area contributed by atoms with Gasteiger partial charge in [-0.05, 0) is 6.07 Å². The number of rotatable bonds is 4. The Kier molecular flexibility index (Phi) is 3.44. The lowest BCUT2D eigenvalue weighted by atomic mass is 10.2. The third-order valence-corrected chi connectivity index (χ3v) is 2.79. The molecule has 0 amide bonds. The van der Waals surface area contributed by atoms with Gasteiger partial charge >= 0.3 is 17.1 Å². The van der Waals surface area contributed by atoms with Crippen LogP contribution in [0.2, 0.25) is 0 Å². The zero-order valence-electron chi connectivity index (χ0n) is 8.58. The van der Waals surface area contributed by atoms with Gasteiger partial charge < -0.3 is 4.55 Å². The molecular formula is C6H2N3O9S-. The minimum atomic E-state index is -5.40. The van der Waals surface area contributed by atoms with E-state index in [1.807, 2.05) is 0 Å². The van der Waals surface area contributed by atoms with E-state index in [1.54, 1.807) is 0 Å². The van der Waals surface area contributed by atoms with E-state index in [9.17, 15) is 43.3 Å². The number of nitro benzene ring substituents is 3. The van der Waals surface area contributed by atoms with E-state index in [0.29, 0.717) is 6.07 Å². The van der Waals surface area contributed by atoms with Gasteiger partial charge in [0.25, 0.3) is 0 Å². The van der Waals surface area contributed by atoms with Crippen LogP contribution >= 0.6 is 0 Å². The number of hydrogen-bond donors (Lipinski definition) is 0. The molecule has 19 heavy (non-hydrogen) atoms. The molecule has 0 fully saturated rings. The fourth-order valence-corrected chi connectivity index (χ4v) is 1.90. The number of benzene rings is 1. The van der Waals surface area contributed by atoms with E-state index in [2.05, 4.69) is 0 Å². The molecule has 0 unspecified atom stereocenters. The number of hydrogen-bond acceptors (Lipinski definition) is 9. The van der Waals surface area contributed by atoms with E-state index >= 15 is 0 Å². The molecule has 0 spiro atoms. The van der Waals surface area contributed by atoms with Crippen LogP contribution in [0.15, 0.2) is 17.0 Å². The van der Waals surface area contributed by atoms with Crippen LogP contribution in [0.4, 0.5) is 17.1 Å². The second kappa shape index (κ2) is 4.54. The lowest BCUT2D eigenvalue weighted by molar-refractivity contribution is -0.442. The highest BCUT2D eigenvalue weighted by atomic mass is 32.2. The summed E-state index contributed by atoms with van der Waals surface area (Å²) in [5.41, 5.74) is -4.68. The fraction of sp³-hybridized carbons (Fsp3) is 0. The monoisotopic (exact) mass is 292 g/mol. The van der Waals surface area contributed by atoms with E-state index in [-0.39, 0.29) is 6.07 Å². The Labute approximate surface area is 103 Å². The summed E-state index contributed by atoms with van der Waals surface area (Å²) in [7, 11) is -5.40. The summed E-state index contributed by atoms with van der Waals surface area (Å²) in [5, 5.41) is 31.8. The van der Waals surface area contributed by atoms with Crippen LogP contribution in [0.3, 0.4) is 0 Å². The van der Waals surface area contributed by atoms with Crippen LogP contribution < -0.4 is 0 Å². The Bertz CT molecular complexity index is 694. The summed E-state index contributed by atoms with van der Waals surface area (Å²) in [6.07, 6.45) is 0. The zero-order chi connectivity index (χ0) is 15.0. The first kappa shape index (κ1) is 14.4. The summed E-state index contributed by atoms with van der Waals surface area (Å²) in [4.78, 5) is 26.0. The lowest BCUT2D eigenvalue weighted by Gasteiger charge is -2.07. The van der Waals surface area contributed by atoms with Crippen molar-refractivity contribution in [1.29, 1.82) is 0 Å². The zero-order valence-corrected chi connectivity index (χ0v) is 9.40. The van der Waals surface area contributed by atoms with Crippen molar-refractivity contribution >= 4 is 27.2 Å². The maximum Gasteiger partial charge on any atom is 0.423 e. The van der Waals surface area contributed by atoms with Gasteiger partial charge in [0.1, 0.15) is 15.0 Å². The second-order valence-corrected chi connectivity index (χ2v) is 4.35.